The fourth-order valence-electron chi connectivity index (χ4n) is 4.25. The minimum absolute atomic E-state index is 0.105. The van der Waals surface area contributed by atoms with Crippen LogP contribution in [0.15, 0.2) is 42.6 Å². The zero-order valence-corrected chi connectivity index (χ0v) is 15.9. The van der Waals surface area contributed by atoms with Gasteiger partial charge in [-0.2, -0.15) is 0 Å². The van der Waals surface area contributed by atoms with Gasteiger partial charge in [0.2, 0.25) is 0 Å². The van der Waals surface area contributed by atoms with E-state index in [1.54, 1.807) is 17.5 Å². The van der Waals surface area contributed by atoms with Crippen molar-refractivity contribution in [1.29, 1.82) is 0 Å². The molecular formula is C22H22N2O4. The predicted octanol–water partition coefficient (Wildman–Crippen LogP) is 3.65. The molecule has 1 aliphatic carbocycles. The first-order valence-corrected chi connectivity index (χ1v) is 9.45. The molecule has 144 valence electrons. The van der Waals surface area contributed by atoms with Gasteiger partial charge in [-0.3, -0.25) is 14.0 Å². The number of hydrogen-bond acceptors (Lipinski definition) is 4. The first kappa shape index (κ1) is 18.2. The number of carboxylic acid groups (broad SMARTS) is 1. The van der Waals surface area contributed by atoms with Crippen molar-refractivity contribution in [3.05, 3.63) is 65.1 Å². The molecule has 1 aliphatic rings. The lowest BCUT2D eigenvalue weighted by molar-refractivity contribution is -0.142. The Balaban J connectivity index is 1.71. The number of pyridine rings is 1. The van der Waals surface area contributed by atoms with E-state index in [1.807, 2.05) is 43.3 Å². The van der Waals surface area contributed by atoms with Gasteiger partial charge in [-0.1, -0.05) is 24.3 Å². The van der Waals surface area contributed by atoms with E-state index in [0.29, 0.717) is 35.8 Å². The summed E-state index contributed by atoms with van der Waals surface area (Å²) in [6.07, 6.45) is 2.40. The van der Waals surface area contributed by atoms with Crippen molar-refractivity contribution in [1.82, 2.24) is 9.38 Å². The fraction of sp³-hybridized carbons (Fsp3) is 0.318. The van der Waals surface area contributed by atoms with Crippen LogP contribution in [0.25, 0.3) is 5.65 Å². The Morgan fingerprint density at radius 2 is 2.04 bits per heavy atom. The van der Waals surface area contributed by atoms with Gasteiger partial charge in [-0.05, 0) is 43.5 Å². The Kier molecular flexibility index (Phi) is 4.63. The Morgan fingerprint density at radius 1 is 1.25 bits per heavy atom. The standard InChI is InChI=1S/C22H22N2O4/c1-3-28-19-9-6-10-24-20(13(2)23-21(19)24)18(25)12-16-15-8-5-4-7-14(15)11-17(16)22(26)27/h4-10,16-17H,3,11-12H2,1-2H3,(H,26,27)/t16-,17?/m1/s1. The highest BCUT2D eigenvalue weighted by atomic mass is 16.5. The number of rotatable bonds is 6. The topological polar surface area (TPSA) is 80.9 Å². The fourth-order valence-corrected chi connectivity index (χ4v) is 4.25. The molecule has 0 bridgehead atoms. The van der Waals surface area contributed by atoms with Gasteiger partial charge in [0.1, 0.15) is 5.69 Å². The molecule has 0 radical (unpaired) electrons. The van der Waals surface area contributed by atoms with Gasteiger partial charge in [-0.15, -0.1) is 0 Å². The summed E-state index contributed by atoms with van der Waals surface area (Å²) in [7, 11) is 0. The van der Waals surface area contributed by atoms with E-state index >= 15 is 0 Å². The lowest BCUT2D eigenvalue weighted by Crippen LogP contribution is -2.21. The van der Waals surface area contributed by atoms with Crippen LogP contribution < -0.4 is 4.74 Å². The maximum absolute atomic E-state index is 13.2. The average Bonchev–Trinajstić information content (AvgIpc) is 3.20. The molecule has 0 aliphatic heterocycles. The van der Waals surface area contributed by atoms with Crippen LogP contribution in [0.2, 0.25) is 0 Å². The van der Waals surface area contributed by atoms with E-state index in [9.17, 15) is 14.7 Å². The summed E-state index contributed by atoms with van der Waals surface area (Å²) < 4.78 is 7.37. The number of Topliss-reactive ketones (excluding diaryl/α,β-unsaturated/α-hetero) is 1. The molecule has 1 aromatic carbocycles. The number of benzene rings is 1. The van der Waals surface area contributed by atoms with Gasteiger partial charge in [0, 0.05) is 18.5 Å². The molecule has 0 amide bonds. The number of ketones is 1. The Morgan fingerprint density at radius 3 is 2.79 bits per heavy atom. The number of hydrogen-bond donors (Lipinski definition) is 1. The third-order valence-corrected chi connectivity index (χ3v) is 5.46. The Hall–Kier alpha value is -3.15. The molecule has 28 heavy (non-hydrogen) atoms. The molecule has 2 heterocycles. The predicted molar refractivity (Wildman–Crippen MR) is 104 cm³/mol. The van der Waals surface area contributed by atoms with Gasteiger partial charge >= 0.3 is 5.97 Å². The molecule has 6 nitrogen and oxygen atoms in total. The van der Waals surface area contributed by atoms with Crippen LogP contribution in [-0.4, -0.2) is 32.9 Å². The Labute approximate surface area is 162 Å². The second-order valence-corrected chi connectivity index (χ2v) is 7.13. The van der Waals surface area contributed by atoms with Crippen molar-refractivity contribution < 1.29 is 19.4 Å². The molecule has 4 rings (SSSR count). The van der Waals surface area contributed by atoms with Crippen LogP contribution in [-0.2, 0) is 11.2 Å². The smallest absolute Gasteiger partial charge is 0.307 e. The molecule has 0 saturated heterocycles. The van der Waals surface area contributed by atoms with Gasteiger partial charge in [0.05, 0.1) is 18.2 Å². The molecule has 0 fully saturated rings. The molecule has 3 aromatic rings. The minimum Gasteiger partial charge on any atom is -0.490 e. The molecule has 2 atom stereocenters. The monoisotopic (exact) mass is 378 g/mol. The van der Waals surface area contributed by atoms with Gasteiger partial charge < -0.3 is 9.84 Å². The number of carbonyl (C=O) groups excluding carboxylic acids is 1. The van der Waals surface area contributed by atoms with E-state index in [2.05, 4.69) is 4.98 Å². The van der Waals surface area contributed by atoms with Crippen LogP contribution in [0.4, 0.5) is 0 Å². The van der Waals surface area contributed by atoms with Crippen molar-refractivity contribution in [3.63, 3.8) is 0 Å². The lowest BCUT2D eigenvalue weighted by Gasteiger charge is -2.16. The van der Waals surface area contributed by atoms with Crippen LogP contribution in [0.1, 0.15) is 46.6 Å². The summed E-state index contributed by atoms with van der Waals surface area (Å²) in [6.45, 7) is 4.20. The van der Waals surface area contributed by atoms with E-state index < -0.39 is 11.9 Å². The lowest BCUT2D eigenvalue weighted by atomic mass is 9.87. The summed E-state index contributed by atoms with van der Waals surface area (Å²) >= 11 is 0. The molecule has 0 spiro atoms. The number of imidazole rings is 1. The SMILES string of the molecule is CCOc1cccn2c(C(=O)C[C@@H]3c4ccccc4CC3C(=O)O)c(C)nc12. The maximum atomic E-state index is 13.2. The number of carbonyl (C=O) groups is 2. The van der Waals surface area contributed by atoms with Crippen molar-refractivity contribution in [2.24, 2.45) is 5.92 Å². The largest absolute Gasteiger partial charge is 0.490 e. The second kappa shape index (κ2) is 7.11. The van der Waals surface area contributed by atoms with Crippen LogP contribution >= 0.6 is 0 Å². The molecule has 1 unspecified atom stereocenters. The third kappa shape index (κ3) is 2.95. The summed E-state index contributed by atoms with van der Waals surface area (Å²) in [5.74, 6) is -1.25. The first-order chi connectivity index (χ1) is 13.5. The van der Waals surface area contributed by atoms with Gasteiger partial charge in [0.15, 0.2) is 17.2 Å². The van der Waals surface area contributed by atoms with E-state index in [0.717, 1.165) is 11.1 Å². The molecule has 1 N–H and O–H groups in total. The van der Waals surface area contributed by atoms with Crippen molar-refractivity contribution >= 4 is 17.4 Å². The highest BCUT2D eigenvalue weighted by Crippen LogP contribution is 2.41. The number of aryl methyl sites for hydroxylation is 1. The molecule has 0 saturated carbocycles. The Bertz CT molecular complexity index is 1070. The second-order valence-electron chi connectivity index (χ2n) is 7.13. The number of fused-ring (bicyclic) bond motifs is 2. The summed E-state index contributed by atoms with van der Waals surface area (Å²) in [5, 5.41) is 9.68. The first-order valence-electron chi connectivity index (χ1n) is 9.45. The summed E-state index contributed by atoms with van der Waals surface area (Å²) in [4.78, 5) is 29.6. The third-order valence-electron chi connectivity index (χ3n) is 5.46. The number of carboxylic acids is 1. The number of aromatic nitrogens is 2. The van der Waals surface area contributed by atoms with Gasteiger partial charge in [-0.25, -0.2) is 4.98 Å². The number of ether oxygens (including phenoxy) is 1. The molecule has 2 aromatic heterocycles. The zero-order chi connectivity index (χ0) is 19.8. The zero-order valence-electron chi connectivity index (χ0n) is 15.9. The quantitative estimate of drug-likeness (QED) is 0.662. The van der Waals surface area contributed by atoms with Crippen molar-refractivity contribution in [2.75, 3.05) is 6.61 Å². The van der Waals surface area contributed by atoms with Crippen LogP contribution in [0, 0.1) is 12.8 Å². The summed E-state index contributed by atoms with van der Waals surface area (Å²) in [6, 6.07) is 11.3. The maximum Gasteiger partial charge on any atom is 0.307 e. The normalized spacial score (nSPS) is 18.2. The average molecular weight is 378 g/mol. The van der Waals surface area contributed by atoms with Crippen molar-refractivity contribution in [2.45, 2.75) is 32.6 Å². The molecule has 6 heteroatoms. The summed E-state index contributed by atoms with van der Waals surface area (Å²) in [5.41, 5.74) is 3.69. The van der Waals surface area contributed by atoms with Crippen LogP contribution in [0.5, 0.6) is 5.75 Å². The number of nitrogens with zero attached hydrogens (tertiary/aromatic N) is 2. The van der Waals surface area contributed by atoms with E-state index in [1.165, 1.54) is 0 Å². The van der Waals surface area contributed by atoms with Crippen molar-refractivity contribution in [3.8, 4) is 5.75 Å². The van der Waals surface area contributed by atoms with Crippen LogP contribution in [0.3, 0.4) is 0 Å². The van der Waals surface area contributed by atoms with Gasteiger partial charge in [0.25, 0.3) is 0 Å². The van der Waals surface area contributed by atoms with E-state index in [4.69, 9.17) is 4.74 Å². The molecular weight excluding hydrogens is 356 g/mol. The minimum atomic E-state index is -0.859. The van der Waals surface area contributed by atoms with E-state index in [-0.39, 0.29) is 18.1 Å². The highest BCUT2D eigenvalue weighted by Gasteiger charge is 2.38. The number of aliphatic carboxylic acids is 1. The highest BCUT2D eigenvalue weighted by molar-refractivity contribution is 5.97.